The molecule has 32 heavy (non-hydrogen) atoms. The van der Waals surface area contributed by atoms with Gasteiger partial charge in [0, 0.05) is 29.3 Å². The van der Waals surface area contributed by atoms with Crippen LogP contribution in [0.25, 0.3) is 0 Å². The van der Waals surface area contributed by atoms with Crippen molar-refractivity contribution in [1.29, 1.82) is 0 Å². The number of benzene rings is 3. The van der Waals surface area contributed by atoms with E-state index < -0.39 is 9.84 Å². The molecule has 0 aromatic heterocycles. The van der Waals surface area contributed by atoms with E-state index in [0.717, 1.165) is 18.5 Å². The van der Waals surface area contributed by atoms with Crippen molar-refractivity contribution in [2.75, 3.05) is 23.7 Å². The van der Waals surface area contributed by atoms with Gasteiger partial charge >= 0.3 is 0 Å². The Morgan fingerprint density at radius 3 is 2.12 bits per heavy atom. The minimum atomic E-state index is -3.46. The van der Waals surface area contributed by atoms with Crippen LogP contribution in [0.5, 0.6) is 0 Å². The highest BCUT2D eigenvalue weighted by Crippen LogP contribution is 2.47. The highest BCUT2D eigenvalue weighted by atomic mass is 32.2. The number of rotatable bonds is 8. The summed E-state index contributed by atoms with van der Waals surface area (Å²) in [4.78, 5) is 17.2. The van der Waals surface area contributed by atoms with Crippen molar-refractivity contribution in [2.45, 2.75) is 34.5 Å². The maximum atomic E-state index is 12.4. The fourth-order valence-electron chi connectivity index (χ4n) is 3.67. The lowest BCUT2D eigenvalue weighted by Crippen LogP contribution is -2.30. The molecule has 166 valence electrons. The number of anilines is 2. The summed E-state index contributed by atoms with van der Waals surface area (Å²) >= 11 is 1.77. The van der Waals surface area contributed by atoms with E-state index >= 15 is 0 Å². The highest BCUT2D eigenvalue weighted by Gasteiger charge is 2.22. The van der Waals surface area contributed by atoms with E-state index in [1.54, 1.807) is 36.0 Å². The summed E-state index contributed by atoms with van der Waals surface area (Å²) in [6, 6.07) is 23.4. The average molecular weight is 467 g/mol. The predicted molar refractivity (Wildman–Crippen MR) is 129 cm³/mol. The molecule has 1 heterocycles. The molecule has 1 aliphatic rings. The molecule has 0 fully saturated rings. The van der Waals surface area contributed by atoms with Gasteiger partial charge in [0.05, 0.1) is 22.0 Å². The highest BCUT2D eigenvalue weighted by molar-refractivity contribution is 7.99. The topological polar surface area (TPSA) is 66.5 Å². The van der Waals surface area contributed by atoms with E-state index in [4.69, 9.17) is 0 Å². The first kappa shape index (κ1) is 22.4. The molecule has 0 saturated heterocycles. The second-order valence-corrected chi connectivity index (χ2v) is 11.0. The summed E-state index contributed by atoms with van der Waals surface area (Å²) < 4.78 is 24.9. The molecule has 1 N–H and O–H groups in total. The summed E-state index contributed by atoms with van der Waals surface area (Å²) in [5.74, 6) is -0.429. The van der Waals surface area contributed by atoms with Gasteiger partial charge in [0.1, 0.15) is 0 Å². The van der Waals surface area contributed by atoms with Gasteiger partial charge in [-0.2, -0.15) is 0 Å². The number of carbonyl (C=O) groups excluding carboxylic acids is 1. The van der Waals surface area contributed by atoms with Gasteiger partial charge in [0.2, 0.25) is 5.91 Å². The molecule has 1 amide bonds. The molecule has 0 unspecified atom stereocenters. The van der Waals surface area contributed by atoms with Crippen molar-refractivity contribution >= 4 is 38.9 Å². The van der Waals surface area contributed by atoms with Crippen LogP contribution in [0.15, 0.2) is 87.5 Å². The predicted octanol–water partition coefficient (Wildman–Crippen LogP) is 4.97. The van der Waals surface area contributed by atoms with Crippen LogP contribution in [0.4, 0.5) is 11.4 Å². The summed E-state index contributed by atoms with van der Waals surface area (Å²) in [5, 5.41) is 2.87. The summed E-state index contributed by atoms with van der Waals surface area (Å²) in [5.41, 5.74) is 3.35. The van der Waals surface area contributed by atoms with Crippen molar-refractivity contribution in [3.05, 3.63) is 78.4 Å². The molecule has 0 aliphatic carbocycles. The van der Waals surface area contributed by atoms with Gasteiger partial charge in [-0.1, -0.05) is 53.7 Å². The molecule has 1 aliphatic heterocycles. The number of hydrogen-bond acceptors (Lipinski definition) is 5. The molecular formula is C25H26N2O3S2. The normalized spacial score (nSPS) is 12.7. The van der Waals surface area contributed by atoms with Crippen molar-refractivity contribution in [2.24, 2.45) is 0 Å². The Bertz CT molecular complexity index is 1160. The molecule has 0 bridgehead atoms. The number of sulfone groups is 1. The standard InChI is InChI=1S/C25H26N2O3S2/c1-19-11-13-20(14-12-19)32(29,30)18-15-25(28)26-16-6-17-27-21-7-2-4-9-23(21)31-24-10-5-3-8-22(24)27/h2-5,7-14H,6,15-18H2,1H3,(H,26,28). The fourth-order valence-corrected chi connectivity index (χ4v) is 6.00. The van der Waals surface area contributed by atoms with Crippen LogP contribution in [0.1, 0.15) is 18.4 Å². The largest absolute Gasteiger partial charge is 0.356 e. The summed E-state index contributed by atoms with van der Waals surface area (Å²) in [7, 11) is -3.46. The van der Waals surface area contributed by atoms with Gasteiger partial charge < -0.3 is 10.2 Å². The molecule has 3 aromatic carbocycles. The molecule has 4 rings (SSSR count). The first-order valence-corrected chi connectivity index (χ1v) is 13.1. The van der Waals surface area contributed by atoms with Crippen molar-refractivity contribution in [1.82, 2.24) is 5.32 Å². The van der Waals surface area contributed by atoms with E-state index in [1.807, 2.05) is 31.2 Å². The van der Waals surface area contributed by atoms with Gasteiger partial charge in [0.15, 0.2) is 9.84 Å². The average Bonchev–Trinajstić information content (AvgIpc) is 2.80. The number of carbonyl (C=O) groups is 1. The Morgan fingerprint density at radius 2 is 1.50 bits per heavy atom. The monoisotopic (exact) mass is 466 g/mol. The van der Waals surface area contributed by atoms with E-state index in [9.17, 15) is 13.2 Å². The fraction of sp³-hybridized carbons (Fsp3) is 0.240. The van der Waals surface area contributed by atoms with E-state index in [0.29, 0.717) is 6.54 Å². The lowest BCUT2D eigenvalue weighted by atomic mass is 10.2. The van der Waals surface area contributed by atoms with Crippen LogP contribution >= 0.6 is 11.8 Å². The van der Waals surface area contributed by atoms with Gasteiger partial charge in [-0.15, -0.1) is 0 Å². The first-order chi connectivity index (χ1) is 15.4. The van der Waals surface area contributed by atoms with Crippen LogP contribution in [0, 0.1) is 6.92 Å². The number of nitrogens with one attached hydrogen (secondary N) is 1. The Labute approximate surface area is 193 Å². The minimum absolute atomic E-state index is 0.0395. The second kappa shape index (κ2) is 9.79. The molecule has 0 spiro atoms. The van der Waals surface area contributed by atoms with Gasteiger partial charge in [-0.3, -0.25) is 4.79 Å². The number of nitrogens with zero attached hydrogens (tertiary/aromatic N) is 1. The zero-order valence-electron chi connectivity index (χ0n) is 18.0. The molecule has 0 atom stereocenters. The molecule has 3 aromatic rings. The second-order valence-electron chi connectivity index (χ2n) is 7.77. The van der Waals surface area contributed by atoms with Crippen LogP contribution in [0.3, 0.4) is 0 Å². The van der Waals surface area contributed by atoms with E-state index in [1.165, 1.54) is 21.2 Å². The molecule has 7 heteroatoms. The number of aryl methyl sites for hydroxylation is 1. The SMILES string of the molecule is Cc1ccc(S(=O)(=O)CCC(=O)NCCCN2c3ccccc3Sc3ccccc32)cc1. The van der Waals surface area contributed by atoms with Crippen LogP contribution in [0.2, 0.25) is 0 Å². The molecule has 0 radical (unpaired) electrons. The van der Waals surface area contributed by atoms with Crippen LogP contribution in [-0.2, 0) is 14.6 Å². The lowest BCUT2D eigenvalue weighted by molar-refractivity contribution is -0.120. The zero-order valence-corrected chi connectivity index (χ0v) is 19.6. The van der Waals surface area contributed by atoms with E-state index in [-0.39, 0.29) is 23.0 Å². The zero-order chi connectivity index (χ0) is 22.6. The van der Waals surface area contributed by atoms with Crippen molar-refractivity contribution < 1.29 is 13.2 Å². The lowest BCUT2D eigenvalue weighted by Gasteiger charge is -2.32. The van der Waals surface area contributed by atoms with Crippen LogP contribution < -0.4 is 10.2 Å². The molecular weight excluding hydrogens is 440 g/mol. The van der Waals surface area contributed by atoms with Gasteiger partial charge in [0.25, 0.3) is 0 Å². The summed E-state index contributed by atoms with van der Waals surface area (Å²) in [6.45, 7) is 3.16. The first-order valence-electron chi connectivity index (χ1n) is 10.6. The quantitative estimate of drug-likeness (QED) is 0.475. The maximum Gasteiger partial charge on any atom is 0.221 e. The van der Waals surface area contributed by atoms with Gasteiger partial charge in [-0.05, 0) is 49.7 Å². The number of fused-ring (bicyclic) bond motifs is 2. The Hall–Kier alpha value is -2.77. The minimum Gasteiger partial charge on any atom is -0.356 e. The third-order valence-electron chi connectivity index (χ3n) is 5.39. The Balaban J connectivity index is 1.29. The molecule has 5 nitrogen and oxygen atoms in total. The van der Waals surface area contributed by atoms with Crippen molar-refractivity contribution in [3.8, 4) is 0 Å². The Morgan fingerprint density at radius 1 is 0.906 bits per heavy atom. The summed E-state index contributed by atoms with van der Waals surface area (Å²) in [6.07, 6.45) is 0.714. The van der Waals surface area contributed by atoms with Gasteiger partial charge in [-0.25, -0.2) is 8.42 Å². The van der Waals surface area contributed by atoms with E-state index in [2.05, 4.69) is 34.5 Å². The maximum absolute atomic E-state index is 12.4. The number of amides is 1. The smallest absolute Gasteiger partial charge is 0.221 e. The van der Waals surface area contributed by atoms with Crippen LogP contribution in [-0.4, -0.2) is 33.2 Å². The number of hydrogen-bond donors (Lipinski definition) is 1. The number of para-hydroxylation sites is 2. The van der Waals surface area contributed by atoms with Crippen molar-refractivity contribution in [3.63, 3.8) is 0 Å². The third-order valence-corrected chi connectivity index (χ3v) is 8.25. The third kappa shape index (κ3) is 5.16. The molecule has 0 saturated carbocycles. The Kier molecular flexibility index (Phi) is 6.86.